The number of rotatable bonds is 5. The van der Waals surface area contributed by atoms with Crippen LogP contribution in [-0.2, 0) is 12.8 Å². The van der Waals surface area contributed by atoms with Gasteiger partial charge in [-0.1, -0.05) is 133 Å². The molecule has 7 aromatic carbocycles. The molecule has 4 nitrogen and oxygen atoms in total. The average Bonchev–Trinajstić information content (AvgIpc) is 3.92. The van der Waals surface area contributed by atoms with E-state index in [1.807, 2.05) is 0 Å². The predicted molar refractivity (Wildman–Crippen MR) is 273 cm³/mol. The summed E-state index contributed by atoms with van der Waals surface area (Å²) >= 11 is 0. The molecule has 3 heterocycles. The van der Waals surface area contributed by atoms with E-state index in [1.54, 1.807) is 0 Å². The van der Waals surface area contributed by atoms with Crippen molar-refractivity contribution in [1.29, 1.82) is 5.26 Å². The van der Waals surface area contributed by atoms with Crippen LogP contribution in [0.3, 0.4) is 0 Å². The second-order valence-electron chi connectivity index (χ2n) is 18.9. The van der Waals surface area contributed by atoms with Crippen LogP contribution in [0.25, 0.3) is 95.1 Å². The summed E-state index contributed by atoms with van der Waals surface area (Å²) in [6.45, 7) is 13.4. The van der Waals surface area contributed by atoms with Crippen molar-refractivity contribution >= 4 is 55.8 Å². The van der Waals surface area contributed by atoms with E-state index >= 15 is 0 Å². The number of benzene rings is 7. The van der Waals surface area contributed by atoms with E-state index in [9.17, 15) is 5.26 Å². The summed E-state index contributed by atoms with van der Waals surface area (Å²) in [5, 5.41) is 17.3. The molecule has 2 atom stereocenters. The molecule has 4 heteroatoms. The van der Waals surface area contributed by atoms with Crippen LogP contribution in [0, 0.1) is 50.9 Å². The molecule has 3 aromatic heterocycles. The lowest BCUT2D eigenvalue weighted by Gasteiger charge is -2.29. The number of hydrogen-bond acceptors (Lipinski definition) is 1. The minimum atomic E-state index is 0.387. The van der Waals surface area contributed by atoms with Gasteiger partial charge in [-0.2, -0.15) is 5.26 Å². The van der Waals surface area contributed by atoms with Gasteiger partial charge in [0.25, 0.3) is 0 Å². The van der Waals surface area contributed by atoms with Gasteiger partial charge in [0.05, 0.1) is 39.1 Å². The summed E-state index contributed by atoms with van der Waals surface area (Å²) in [6.07, 6.45) is 11.2. The van der Waals surface area contributed by atoms with Gasteiger partial charge in [-0.15, -0.1) is 0 Å². The van der Waals surface area contributed by atoms with E-state index in [0.29, 0.717) is 17.4 Å². The molecular formula is C61H50N4. The fraction of sp³-hybridized carbons (Fsp3) is 0.164. The zero-order valence-electron chi connectivity index (χ0n) is 37.9. The Kier molecular flexibility index (Phi) is 8.84. The van der Waals surface area contributed by atoms with Gasteiger partial charge >= 0.3 is 0 Å². The van der Waals surface area contributed by atoms with Crippen molar-refractivity contribution in [1.82, 2.24) is 13.7 Å². The first-order chi connectivity index (χ1) is 31.7. The molecule has 0 spiro atoms. The van der Waals surface area contributed by atoms with Crippen molar-refractivity contribution in [3.63, 3.8) is 0 Å². The van der Waals surface area contributed by atoms with Crippen molar-refractivity contribution in [3.8, 4) is 45.4 Å². The van der Waals surface area contributed by atoms with E-state index in [-0.39, 0.29) is 0 Å². The van der Waals surface area contributed by atoms with Crippen LogP contribution in [0.2, 0.25) is 0 Å². The molecule has 0 bridgehead atoms. The summed E-state index contributed by atoms with van der Waals surface area (Å²) in [6, 6.07) is 52.2. The predicted octanol–water partition coefficient (Wildman–Crippen LogP) is 15.5. The van der Waals surface area contributed by atoms with Crippen LogP contribution in [-0.4, -0.2) is 13.7 Å². The van der Waals surface area contributed by atoms with Crippen molar-refractivity contribution in [2.24, 2.45) is 11.8 Å². The quantitative estimate of drug-likeness (QED) is 0.170. The van der Waals surface area contributed by atoms with Gasteiger partial charge in [0.1, 0.15) is 11.6 Å². The average molecular weight is 839 g/mol. The highest BCUT2D eigenvalue weighted by Gasteiger charge is 2.35. The summed E-state index contributed by atoms with van der Waals surface area (Å²) in [7, 11) is 0. The zero-order valence-corrected chi connectivity index (χ0v) is 37.9. The first-order valence-electron chi connectivity index (χ1n) is 23.1. The number of allylic oxidation sites excluding steroid dienone is 2. The maximum atomic E-state index is 12.4. The highest BCUT2D eigenvalue weighted by atomic mass is 15.1. The van der Waals surface area contributed by atoms with Crippen LogP contribution in [0.4, 0.5) is 0 Å². The molecule has 0 N–H and O–H groups in total. The summed E-state index contributed by atoms with van der Waals surface area (Å²) in [5.74, 6) is 0.773. The summed E-state index contributed by atoms with van der Waals surface area (Å²) in [5.41, 5.74) is 21.9. The van der Waals surface area contributed by atoms with Crippen molar-refractivity contribution < 1.29 is 0 Å². The molecule has 2 aliphatic rings. The monoisotopic (exact) mass is 838 g/mol. The second kappa shape index (κ2) is 14.7. The van der Waals surface area contributed by atoms with Crippen LogP contribution < -0.4 is 0 Å². The lowest BCUT2D eigenvalue weighted by atomic mass is 9.87. The van der Waals surface area contributed by atoms with Gasteiger partial charge in [-0.05, 0) is 135 Å². The minimum Gasteiger partial charge on any atom is -0.308 e. The number of hydrogen-bond donors (Lipinski definition) is 0. The molecule has 12 rings (SSSR count). The van der Waals surface area contributed by atoms with Crippen LogP contribution in [0.1, 0.15) is 64.2 Å². The molecule has 0 fully saturated rings. The van der Waals surface area contributed by atoms with Crippen molar-refractivity contribution in [2.75, 3.05) is 0 Å². The number of aromatic nitrogens is 3. The Labute approximate surface area is 380 Å². The Morgan fingerprint density at radius 2 is 0.815 bits per heavy atom. The lowest BCUT2D eigenvalue weighted by Crippen LogP contribution is -2.15. The lowest BCUT2D eigenvalue weighted by molar-refractivity contribution is 0.717. The molecule has 0 radical (unpaired) electrons. The summed E-state index contributed by atoms with van der Waals surface area (Å²) in [4.78, 5) is 0. The van der Waals surface area contributed by atoms with E-state index < -0.39 is 0 Å². The minimum absolute atomic E-state index is 0.387. The number of nitriles is 1. The fourth-order valence-corrected chi connectivity index (χ4v) is 11.3. The van der Waals surface area contributed by atoms with Gasteiger partial charge in [-0.25, -0.2) is 0 Å². The molecule has 10 aromatic rings. The SMILES string of the molecule is Cc1ccc2c(c1)c1c(n2-c2c(C#N)c(-n3c4c(c5cc(C)ccc53)CC(C)C=C4)c(-c3ccccc3)c(-n3c4ccc(C)cc4c4cc(C)ccc43)c2-c2ccccc2)C=CC(C)C1. The van der Waals surface area contributed by atoms with Crippen LogP contribution >= 0.6 is 0 Å². The van der Waals surface area contributed by atoms with Crippen molar-refractivity contribution in [3.05, 3.63) is 196 Å². The Bertz CT molecular complexity index is 3490. The normalized spacial score (nSPS) is 15.6. The molecule has 65 heavy (non-hydrogen) atoms. The Morgan fingerprint density at radius 3 is 1.20 bits per heavy atom. The summed E-state index contributed by atoms with van der Waals surface area (Å²) < 4.78 is 7.44. The highest BCUT2D eigenvalue weighted by Crippen LogP contribution is 2.52. The maximum absolute atomic E-state index is 12.4. The molecule has 314 valence electrons. The molecule has 2 aliphatic carbocycles. The smallest absolute Gasteiger partial charge is 0.104 e. The third kappa shape index (κ3) is 5.88. The Hall–Kier alpha value is -7.61. The molecule has 0 saturated heterocycles. The third-order valence-corrected chi connectivity index (χ3v) is 14.2. The maximum Gasteiger partial charge on any atom is 0.104 e. The molecule has 2 unspecified atom stereocenters. The largest absolute Gasteiger partial charge is 0.308 e. The van der Waals surface area contributed by atoms with E-state index in [0.717, 1.165) is 85.6 Å². The zero-order chi connectivity index (χ0) is 44.2. The Balaban J connectivity index is 1.42. The molecule has 0 aliphatic heterocycles. The first kappa shape index (κ1) is 39.0. The van der Waals surface area contributed by atoms with Gasteiger partial charge in [0.15, 0.2) is 0 Å². The number of fused-ring (bicyclic) bond motifs is 9. The highest BCUT2D eigenvalue weighted by molar-refractivity contribution is 6.13. The number of nitrogens with zero attached hydrogens (tertiary/aromatic N) is 4. The van der Waals surface area contributed by atoms with Crippen LogP contribution in [0.15, 0.2) is 146 Å². The molecule has 0 saturated carbocycles. The van der Waals surface area contributed by atoms with E-state index in [2.05, 4.69) is 219 Å². The topological polar surface area (TPSA) is 38.6 Å². The standard InChI is InChI=1S/C61H50N4/c1-36-17-23-51-44(29-36)45-30-37(2)18-24-52(45)63(51)59-50(35-62)60(64-53-25-19-38(3)31-46(53)47-32-39(4)20-26-54(47)64)58(43-15-11-8-12-16-43)61(57(59)42-13-9-7-10-14-42)65-55-27-21-40(5)33-48(55)49-34-41(6)22-28-56(49)65/h7-29,31,33-34,37,39H,30,32H2,1-6H3. The van der Waals surface area contributed by atoms with Crippen LogP contribution in [0.5, 0.6) is 0 Å². The number of aryl methyl sites for hydroxylation is 4. The first-order valence-corrected chi connectivity index (χ1v) is 23.1. The van der Waals surface area contributed by atoms with Crippen molar-refractivity contribution in [2.45, 2.75) is 54.4 Å². The van der Waals surface area contributed by atoms with E-state index in [4.69, 9.17) is 0 Å². The van der Waals surface area contributed by atoms with Gasteiger partial charge in [0.2, 0.25) is 0 Å². The van der Waals surface area contributed by atoms with Gasteiger partial charge < -0.3 is 13.7 Å². The Morgan fingerprint density at radius 1 is 0.446 bits per heavy atom. The van der Waals surface area contributed by atoms with Gasteiger partial charge in [0, 0.05) is 44.1 Å². The third-order valence-electron chi connectivity index (χ3n) is 14.2. The molecule has 0 amide bonds. The second-order valence-corrected chi connectivity index (χ2v) is 18.9. The van der Waals surface area contributed by atoms with Gasteiger partial charge in [-0.3, -0.25) is 0 Å². The molecular weight excluding hydrogens is 789 g/mol. The van der Waals surface area contributed by atoms with E-state index in [1.165, 1.54) is 54.9 Å². The fourth-order valence-electron chi connectivity index (χ4n) is 11.3.